The second kappa shape index (κ2) is 9.53. The summed E-state index contributed by atoms with van der Waals surface area (Å²) in [6, 6.07) is 6.30. The summed E-state index contributed by atoms with van der Waals surface area (Å²) < 4.78 is 30.0. The van der Waals surface area contributed by atoms with Crippen LogP contribution in [0.2, 0.25) is 5.02 Å². The number of rotatable bonds is 6. The molecule has 0 saturated heterocycles. The second-order valence-electron chi connectivity index (χ2n) is 3.79. The Labute approximate surface area is 155 Å². The van der Waals surface area contributed by atoms with Crippen molar-refractivity contribution in [2.75, 3.05) is 14.2 Å². The van der Waals surface area contributed by atoms with E-state index in [0.717, 1.165) is 22.3 Å². The van der Waals surface area contributed by atoms with Crippen LogP contribution < -0.4 is 4.52 Å². The molecule has 0 spiro atoms. The van der Waals surface area contributed by atoms with Gasteiger partial charge in [0.05, 0.1) is 19.2 Å². The SMILES string of the molecule is COSP(=O)(Oc1ncsn1)SOC.Clc1cc2ccc1SC2. The summed E-state index contributed by atoms with van der Waals surface area (Å²) in [7, 11) is 2.79. The van der Waals surface area contributed by atoms with Crippen LogP contribution >= 0.6 is 64.0 Å². The zero-order valence-corrected chi connectivity index (χ0v) is 16.9. The highest BCUT2D eigenvalue weighted by Crippen LogP contribution is 2.69. The van der Waals surface area contributed by atoms with E-state index in [9.17, 15) is 4.57 Å². The molecule has 0 radical (unpaired) electrons. The van der Waals surface area contributed by atoms with Crippen molar-refractivity contribution in [2.24, 2.45) is 0 Å². The van der Waals surface area contributed by atoms with Crippen LogP contribution in [0.3, 0.4) is 0 Å². The van der Waals surface area contributed by atoms with E-state index in [1.807, 2.05) is 17.8 Å². The van der Waals surface area contributed by atoms with Gasteiger partial charge in [-0.05, 0) is 29.2 Å². The number of nitrogens with zero attached hydrogens (tertiary/aromatic N) is 2. The molecular weight excluding hydrogens is 419 g/mol. The molecule has 0 fully saturated rings. The molecule has 0 saturated carbocycles. The van der Waals surface area contributed by atoms with Gasteiger partial charge in [0, 0.05) is 10.6 Å². The maximum Gasteiger partial charge on any atom is 0.414 e. The Morgan fingerprint density at radius 3 is 2.39 bits per heavy atom. The fourth-order valence-electron chi connectivity index (χ4n) is 1.44. The topological polar surface area (TPSA) is 70.5 Å². The number of hydrogen-bond acceptors (Lipinski definition) is 10. The first-order chi connectivity index (χ1) is 11.1. The van der Waals surface area contributed by atoms with Gasteiger partial charge in [0.15, 0.2) is 0 Å². The van der Waals surface area contributed by atoms with Crippen LogP contribution in [0.15, 0.2) is 28.6 Å². The molecule has 0 amide bonds. The molecular formula is C11H12ClN2O4PS4. The lowest BCUT2D eigenvalue weighted by Gasteiger charge is -2.11. The number of thioether (sulfide) groups is 1. The van der Waals surface area contributed by atoms with Crippen LogP contribution in [0.25, 0.3) is 0 Å². The van der Waals surface area contributed by atoms with Crippen molar-refractivity contribution >= 4 is 64.0 Å². The van der Waals surface area contributed by atoms with E-state index in [0.29, 0.717) is 23.3 Å². The normalized spacial score (nSPS) is 12.7. The molecule has 23 heavy (non-hydrogen) atoms. The van der Waals surface area contributed by atoms with Crippen molar-refractivity contribution in [1.82, 2.24) is 9.36 Å². The maximum atomic E-state index is 11.9. The molecule has 12 heteroatoms. The van der Waals surface area contributed by atoms with Gasteiger partial charge >= 0.3 is 11.8 Å². The first-order valence-corrected chi connectivity index (χ1v) is 12.5. The molecule has 0 unspecified atom stereocenters. The Kier molecular flexibility index (Phi) is 8.03. The van der Waals surface area contributed by atoms with Gasteiger partial charge in [-0.1, -0.05) is 17.7 Å². The van der Waals surface area contributed by atoms with E-state index < -0.39 is 5.77 Å². The lowest BCUT2D eigenvalue weighted by molar-refractivity contribution is 0.463. The molecule has 6 nitrogen and oxygen atoms in total. The van der Waals surface area contributed by atoms with E-state index in [2.05, 4.69) is 29.9 Å². The quantitative estimate of drug-likeness (QED) is 0.432. The number of halogens is 1. The number of aromatic nitrogens is 2. The Hall–Kier alpha value is 0.0700. The highest BCUT2D eigenvalue weighted by atomic mass is 35.5. The van der Waals surface area contributed by atoms with Gasteiger partial charge in [-0.2, -0.15) is 4.98 Å². The van der Waals surface area contributed by atoms with Crippen LogP contribution in [-0.2, 0) is 18.7 Å². The minimum absolute atomic E-state index is 0.0624. The third-order valence-corrected chi connectivity index (χ3v) is 8.87. The molecule has 4 rings (SSSR count). The summed E-state index contributed by atoms with van der Waals surface area (Å²) in [5, 5.41) is 0.906. The predicted molar refractivity (Wildman–Crippen MR) is 98.4 cm³/mol. The summed E-state index contributed by atoms with van der Waals surface area (Å²) in [5.41, 5.74) is 2.81. The second-order valence-corrected chi connectivity index (χ2v) is 12.3. The number of benzene rings is 1. The summed E-state index contributed by atoms with van der Waals surface area (Å²) >= 11 is 10.2. The number of fused-ring (bicyclic) bond motifs is 3. The van der Waals surface area contributed by atoms with Crippen molar-refractivity contribution in [3.8, 4) is 6.01 Å². The minimum Gasteiger partial charge on any atom is -0.391 e. The largest absolute Gasteiger partial charge is 0.414 e. The molecule has 0 atom stereocenters. The smallest absolute Gasteiger partial charge is 0.391 e. The van der Waals surface area contributed by atoms with Crippen molar-refractivity contribution < 1.29 is 17.5 Å². The van der Waals surface area contributed by atoms with Gasteiger partial charge in [-0.3, -0.25) is 0 Å². The van der Waals surface area contributed by atoms with Gasteiger partial charge < -0.3 is 12.9 Å². The summed E-state index contributed by atoms with van der Waals surface area (Å²) in [6.45, 7) is 0. The molecule has 2 aliphatic heterocycles. The standard InChI is InChI=1S/C7H5ClS.C4H7N2O4PS3/c8-6-3-5-1-2-7(6)9-4-5;1-8-13-11(7,14-9-2)10-4-5-3-12-6-4/h1-3H,4H2;3H,1-2H3. The van der Waals surface area contributed by atoms with Crippen molar-refractivity contribution in [2.45, 2.75) is 10.6 Å². The van der Waals surface area contributed by atoms with Gasteiger partial charge in [-0.25, -0.2) is 4.57 Å². The molecule has 2 bridgehead atoms. The molecule has 126 valence electrons. The summed E-state index contributed by atoms with van der Waals surface area (Å²) in [4.78, 5) is 4.96. The average molecular weight is 431 g/mol. The van der Waals surface area contributed by atoms with Gasteiger partial charge in [0.1, 0.15) is 28.8 Å². The fourth-order valence-corrected chi connectivity index (χ4v) is 6.89. The Balaban J connectivity index is 0.000000182. The molecule has 1 aromatic heterocycles. The Morgan fingerprint density at radius 2 is 2.04 bits per heavy atom. The van der Waals surface area contributed by atoms with Crippen LogP contribution in [0.1, 0.15) is 5.56 Å². The van der Waals surface area contributed by atoms with Crippen molar-refractivity contribution in [1.29, 1.82) is 0 Å². The minimum atomic E-state index is -3.14. The van der Waals surface area contributed by atoms with Gasteiger partial charge in [0.25, 0.3) is 0 Å². The first-order valence-electron chi connectivity index (χ1n) is 5.98. The maximum absolute atomic E-state index is 11.9. The van der Waals surface area contributed by atoms with E-state index >= 15 is 0 Å². The highest BCUT2D eigenvalue weighted by molar-refractivity contribution is 8.87. The Morgan fingerprint density at radius 1 is 1.30 bits per heavy atom. The fraction of sp³-hybridized carbons (Fsp3) is 0.273. The molecule has 2 aromatic rings. The zero-order valence-electron chi connectivity index (χ0n) is 12.0. The van der Waals surface area contributed by atoms with Crippen molar-refractivity contribution in [3.63, 3.8) is 0 Å². The summed E-state index contributed by atoms with van der Waals surface area (Å²) in [5.74, 6) is -2.04. The monoisotopic (exact) mass is 430 g/mol. The first kappa shape index (κ1) is 19.4. The predicted octanol–water partition coefficient (Wildman–Crippen LogP) is 5.56. The van der Waals surface area contributed by atoms with Crippen LogP contribution in [-0.4, -0.2) is 23.6 Å². The van der Waals surface area contributed by atoms with Crippen LogP contribution in [0, 0.1) is 0 Å². The van der Waals surface area contributed by atoms with E-state index in [1.54, 1.807) is 0 Å². The van der Waals surface area contributed by atoms with E-state index in [4.69, 9.17) is 16.1 Å². The molecule has 0 N–H and O–H groups in total. The molecule has 2 aliphatic rings. The Bertz CT molecular complexity index is 666. The molecule has 1 aromatic carbocycles. The molecule has 3 heterocycles. The summed E-state index contributed by atoms with van der Waals surface area (Å²) in [6.07, 6.45) is 0. The number of hydrogen-bond donors (Lipinski definition) is 0. The highest BCUT2D eigenvalue weighted by Gasteiger charge is 2.30. The lowest BCUT2D eigenvalue weighted by Crippen LogP contribution is -1.88. The van der Waals surface area contributed by atoms with Gasteiger partial charge in [0.2, 0.25) is 0 Å². The molecule has 0 aliphatic carbocycles. The van der Waals surface area contributed by atoms with E-state index in [1.165, 1.54) is 30.2 Å². The third kappa shape index (κ3) is 6.13. The lowest BCUT2D eigenvalue weighted by atomic mass is 10.2. The van der Waals surface area contributed by atoms with E-state index in [-0.39, 0.29) is 6.01 Å². The van der Waals surface area contributed by atoms with Crippen LogP contribution in [0.4, 0.5) is 0 Å². The van der Waals surface area contributed by atoms with Crippen LogP contribution in [0.5, 0.6) is 6.01 Å². The zero-order chi connectivity index (χ0) is 16.7. The average Bonchev–Trinajstić information content (AvgIpc) is 3.02. The third-order valence-electron chi connectivity index (χ3n) is 2.26. The van der Waals surface area contributed by atoms with Crippen molar-refractivity contribution in [3.05, 3.63) is 34.3 Å². The van der Waals surface area contributed by atoms with Gasteiger partial charge in [-0.15, -0.1) is 16.1 Å².